The van der Waals surface area contributed by atoms with Crippen molar-refractivity contribution in [2.75, 3.05) is 52.9 Å². The average molecular weight is 405 g/mol. The summed E-state index contributed by atoms with van der Waals surface area (Å²) in [5.74, 6) is 2.93. The van der Waals surface area contributed by atoms with Crippen LogP contribution in [0.3, 0.4) is 0 Å². The van der Waals surface area contributed by atoms with Crippen LogP contribution in [0.1, 0.15) is 6.92 Å². The van der Waals surface area contributed by atoms with Crippen molar-refractivity contribution >= 4 is 68.6 Å². The minimum absolute atomic E-state index is 0.0307. The number of aliphatic imine (C=N–C) groups is 1. The Kier molecular flexibility index (Phi) is 18.5. The molecule has 22 heavy (non-hydrogen) atoms. The summed E-state index contributed by atoms with van der Waals surface area (Å²) in [7, 11) is -0.900. The Balaban J connectivity index is 3.19. The maximum atomic E-state index is 11.2. The predicted octanol–water partition coefficient (Wildman–Crippen LogP) is 2.33. The molecular weight excluding hydrogens is 380 g/mol. The fourth-order valence-corrected chi connectivity index (χ4v) is 5.16. The van der Waals surface area contributed by atoms with Crippen LogP contribution in [0.5, 0.6) is 0 Å². The van der Waals surface area contributed by atoms with Gasteiger partial charge in [-0.05, 0) is 0 Å². The van der Waals surface area contributed by atoms with E-state index in [-0.39, 0.29) is 11.8 Å². The lowest BCUT2D eigenvalue weighted by Gasteiger charge is -2.04. The third-order valence-electron chi connectivity index (χ3n) is 2.01. The van der Waals surface area contributed by atoms with Gasteiger partial charge < -0.3 is 10.4 Å². The Morgan fingerprint density at radius 2 is 1.95 bits per heavy atom. The van der Waals surface area contributed by atoms with Crippen molar-refractivity contribution in [2.24, 2.45) is 4.99 Å². The van der Waals surface area contributed by atoms with E-state index in [0.29, 0.717) is 18.1 Å². The van der Waals surface area contributed by atoms with Gasteiger partial charge in [0.2, 0.25) is 0 Å². The molecule has 1 unspecified atom stereocenters. The van der Waals surface area contributed by atoms with Crippen molar-refractivity contribution in [2.45, 2.75) is 6.92 Å². The molecule has 0 bridgehead atoms. The molecule has 130 valence electrons. The van der Waals surface area contributed by atoms with Crippen molar-refractivity contribution in [1.82, 2.24) is 5.32 Å². The summed E-state index contributed by atoms with van der Waals surface area (Å²) in [5.41, 5.74) is 1.54. The van der Waals surface area contributed by atoms with Crippen molar-refractivity contribution < 1.29 is 14.1 Å². The smallest absolute Gasteiger partial charge is 0.279 e. The fourth-order valence-electron chi connectivity index (χ4n) is 1.01. The summed E-state index contributed by atoms with van der Waals surface area (Å²) in [4.78, 5) is 15.3. The molecule has 0 aliphatic carbocycles. The number of rotatable bonds is 14. The maximum absolute atomic E-state index is 11.2. The van der Waals surface area contributed by atoms with Crippen LogP contribution in [-0.4, -0.2) is 73.0 Å². The first kappa shape index (κ1) is 22.6. The van der Waals surface area contributed by atoms with E-state index in [4.69, 9.17) is 5.11 Å². The Labute approximate surface area is 152 Å². The van der Waals surface area contributed by atoms with Crippen molar-refractivity contribution in [3.63, 3.8) is 0 Å². The topological polar surface area (TPSA) is 78.8 Å². The molecule has 0 aliphatic heterocycles. The van der Waals surface area contributed by atoms with Gasteiger partial charge >= 0.3 is 0 Å². The zero-order valence-corrected chi connectivity index (χ0v) is 16.8. The summed E-state index contributed by atoms with van der Waals surface area (Å²) in [6, 6.07) is 0. The van der Waals surface area contributed by atoms with Gasteiger partial charge in [0.1, 0.15) is 0 Å². The highest BCUT2D eigenvalue weighted by atomic mass is 32.2. The normalized spacial score (nSPS) is 12.6. The third kappa shape index (κ3) is 17.0. The molecule has 0 rings (SSSR count). The van der Waals surface area contributed by atoms with E-state index >= 15 is 0 Å². The number of nitrogens with one attached hydrogen (secondary N) is 1. The fraction of sp³-hybridized carbons (Fsp3) is 0.833. The summed E-state index contributed by atoms with van der Waals surface area (Å²) in [6.07, 6.45) is 0. The molecule has 0 saturated heterocycles. The molecule has 0 aromatic heterocycles. The number of thioether (sulfide) groups is 4. The molecule has 10 heteroatoms. The second-order valence-electron chi connectivity index (χ2n) is 3.72. The minimum Gasteiger partial charge on any atom is -0.396 e. The van der Waals surface area contributed by atoms with Gasteiger partial charge in [-0.2, -0.15) is 0 Å². The number of carbonyl (C=O) groups is 1. The van der Waals surface area contributed by atoms with Gasteiger partial charge in [0.05, 0.1) is 23.0 Å². The molecule has 0 aromatic carbocycles. The molecule has 0 radical (unpaired) electrons. The van der Waals surface area contributed by atoms with Crippen molar-refractivity contribution in [1.29, 1.82) is 0 Å². The van der Waals surface area contributed by atoms with Crippen LogP contribution in [-0.2, 0) is 10.8 Å². The highest BCUT2D eigenvalue weighted by molar-refractivity contribution is 8.22. The van der Waals surface area contributed by atoms with Crippen LogP contribution in [0.25, 0.3) is 0 Å². The number of nitrogens with zero attached hydrogens (tertiary/aromatic N) is 1. The SMILES string of the molecule is CCS(=O)C=NCCSCSCSCCNC(=O)SCCO. The molecule has 1 atom stereocenters. The molecule has 0 fully saturated rings. The number of amides is 1. The van der Waals surface area contributed by atoms with Crippen molar-refractivity contribution in [3.8, 4) is 0 Å². The second kappa shape index (κ2) is 18.0. The third-order valence-corrected chi connectivity index (χ3v) is 7.39. The standard InChI is InChI=1S/C12H24N2O3S5/c1-2-22(17)9-13-3-6-18-10-20-11-19-7-4-14-12(16)21-8-5-15/h9,15H,2-8,10-11H2,1H3,(H,14,16). The van der Waals surface area contributed by atoms with Crippen LogP contribution in [0.4, 0.5) is 4.79 Å². The molecule has 2 N–H and O–H groups in total. The molecule has 0 heterocycles. The molecule has 1 amide bonds. The number of aliphatic hydroxyl groups excluding tert-OH is 1. The lowest BCUT2D eigenvalue weighted by atomic mass is 10.8. The highest BCUT2D eigenvalue weighted by Gasteiger charge is 1.99. The van der Waals surface area contributed by atoms with Crippen molar-refractivity contribution in [3.05, 3.63) is 0 Å². The van der Waals surface area contributed by atoms with E-state index in [1.165, 1.54) is 5.55 Å². The van der Waals surface area contributed by atoms with Crippen LogP contribution < -0.4 is 5.32 Å². The Hall–Kier alpha value is 0.650. The first-order valence-electron chi connectivity index (χ1n) is 6.82. The monoisotopic (exact) mass is 404 g/mol. The first-order valence-corrected chi connectivity index (χ1v) is 12.7. The van der Waals surface area contributed by atoms with E-state index in [9.17, 15) is 9.00 Å². The van der Waals surface area contributed by atoms with Gasteiger partial charge in [-0.25, -0.2) is 0 Å². The highest BCUT2D eigenvalue weighted by Crippen LogP contribution is 2.17. The molecule has 0 aliphatic rings. The van der Waals surface area contributed by atoms with Gasteiger partial charge in [0, 0.05) is 46.3 Å². The average Bonchev–Trinajstić information content (AvgIpc) is 2.53. The zero-order chi connectivity index (χ0) is 16.5. The minimum atomic E-state index is -0.900. The zero-order valence-electron chi connectivity index (χ0n) is 12.7. The summed E-state index contributed by atoms with van der Waals surface area (Å²) < 4.78 is 11.1. The Bertz CT molecular complexity index is 332. The maximum Gasteiger partial charge on any atom is 0.279 e. The van der Waals surface area contributed by atoms with Gasteiger partial charge in [0.25, 0.3) is 5.24 Å². The number of hydrogen-bond acceptors (Lipinski definition) is 8. The summed E-state index contributed by atoms with van der Waals surface area (Å²) in [6.45, 7) is 3.30. The molecule has 0 aromatic rings. The van der Waals surface area contributed by atoms with Crippen LogP contribution >= 0.6 is 47.0 Å². The Morgan fingerprint density at radius 3 is 2.64 bits per heavy atom. The van der Waals surface area contributed by atoms with E-state index in [1.54, 1.807) is 11.8 Å². The van der Waals surface area contributed by atoms with E-state index in [2.05, 4.69) is 10.3 Å². The quantitative estimate of drug-likeness (QED) is 0.199. The van der Waals surface area contributed by atoms with E-state index in [1.807, 2.05) is 30.4 Å². The van der Waals surface area contributed by atoms with Gasteiger partial charge in [0.15, 0.2) is 0 Å². The largest absolute Gasteiger partial charge is 0.396 e. The number of hydrogen-bond donors (Lipinski definition) is 2. The molecule has 5 nitrogen and oxygen atoms in total. The first-order chi connectivity index (χ1) is 10.7. The summed E-state index contributed by atoms with van der Waals surface area (Å²) in [5, 5.41) is 13.3. The number of aliphatic hydroxyl groups is 1. The second-order valence-corrected chi connectivity index (χ2v) is 10.3. The van der Waals surface area contributed by atoms with Gasteiger partial charge in [-0.3, -0.25) is 14.0 Å². The van der Waals surface area contributed by atoms with Crippen LogP contribution in [0.2, 0.25) is 0 Å². The lowest BCUT2D eigenvalue weighted by molar-refractivity contribution is 0.261. The van der Waals surface area contributed by atoms with Crippen LogP contribution in [0.15, 0.2) is 4.99 Å². The van der Waals surface area contributed by atoms with Crippen LogP contribution in [0, 0.1) is 0 Å². The molecule has 0 saturated carbocycles. The lowest BCUT2D eigenvalue weighted by Crippen LogP contribution is -2.22. The molecular formula is C12H24N2O3S5. The van der Waals surface area contributed by atoms with E-state index < -0.39 is 10.8 Å². The molecule has 0 spiro atoms. The predicted molar refractivity (Wildman–Crippen MR) is 107 cm³/mol. The Morgan fingerprint density at radius 1 is 1.23 bits per heavy atom. The van der Waals surface area contributed by atoms with Gasteiger partial charge in [-0.15, -0.1) is 35.3 Å². The summed E-state index contributed by atoms with van der Waals surface area (Å²) >= 11 is 6.60. The van der Waals surface area contributed by atoms with Gasteiger partial charge in [-0.1, -0.05) is 18.7 Å². The number of carbonyl (C=O) groups excluding carboxylic acids is 1. The van der Waals surface area contributed by atoms with E-state index in [0.717, 1.165) is 40.0 Å².